The molecule has 1 N–H and O–H groups in total. The Morgan fingerprint density at radius 2 is 1.81 bits per heavy atom. The van der Waals surface area contributed by atoms with Crippen LogP contribution in [-0.2, 0) is 9.59 Å². The van der Waals surface area contributed by atoms with E-state index in [4.69, 9.17) is 0 Å². The van der Waals surface area contributed by atoms with E-state index < -0.39 is 5.60 Å². The largest absolute Gasteiger partial charge is 0.386 e. The monoisotopic (exact) mass is 434 g/mol. The van der Waals surface area contributed by atoms with Gasteiger partial charge in [-0.1, -0.05) is 0 Å². The van der Waals surface area contributed by atoms with E-state index in [9.17, 15) is 14.7 Å². The van der Waals surface area contributed by atoms with Gasteiger partial charge in [-0.15, -0.1) is 0 Å². The van der Waals surface area contributed by atoms with Crippen molar-refractivity contribution in [3.63, 3.8) is 0 Å². The summed E-state index contributed by atoms with van der Waals surface area (Å²) in [6.45, 7) is 11.9. The summed E-state index contributed by atoms with van der Waals surface area (Å²) in [5, 5.41) is 11.7. The van der Waals surface area contributed by atoms with Crippen molar-refractivity contribution >= 4 is 11.8 Å². The van der Waals surface area contributed by atoms with Crippen LogP contribution in [0.15, 0.2) is 0 Å². The second kappa shape index (κ2) is 8.99. The molecule has 0 aromatic carbocycles. The maximum Gasteiger partial charge on any atom is 0.228 e. The lowest BCUT2D eigenvalue weighted by Crippen LogP contribution is -2.74. The van der Waals surface area contributed by atoms with Gasteiger partial charge < -0.3 is 19.8 Å². The smallest absolute Gasteiger partial charge is 0.228 e. The number of rotatable bonds is 7. The van der Waals surface area contributed by atoms with Gasteiger partial charge in [0.25, 0.3) is 0 Å². The summed E-state index contributed by atoms with van der Waals surface area (Å²) in [6, 6.07) is 0.168. The van der Waals surface area contributed by atoms with Gasteiger partial charge in [0, 0.05) is 50.7 Å². The summed E-state index contributed by atoms with van der Waals surface area (Å²) in [7, 11) is 2.03. The van der Waals surface area contributed by atoms with E-state index >= 15 is 0 Å². The van der Waals surface area contributed by atoms with Gasteiger partial charge in [-0.3, -0.25) is 14.5 Å². The quantitative estimate of drug-likeness (QED) is 0.656. The number of carbonyl (C=O) groups is 2. The van der Waals surface area contributed by atoms with Crippen molar-refractivity contribution in [3.8, 4) is 0 Å². The van der Waals surface area contributed by atoms with Crippen LogP contribution in [0, 0.1) is 11.8 Å². The van der Waals surface area contributed by atoms with Crippen molar-refractivity contribution in [2.45, 2.75) is 83.0 Å². The maximum absolute atomic E-state index is 13.2. The van der Waals surface area contributed by atoms with Crippen LogP contribution >= 0.6 is 0 Å². The maximum atomic E-state index is 13.2. The number of nitrogens with zero attached hydrogens (tertiary/aromatic N) is 4. The van der Waals surface area contributed by atoms with Crippen molar-refractivity contribution in [3.05, 3.63) is 0 Å². The van der Waals surface area contributed by atoms with Crippen LogP contribution in [0.1, 0.15) is 59.3 Å². The van der Waals surface area contributed by atoms with Crippen LogP contribution in [0.2, 0.25) is 0 Å². The average Bonchev–Trinajstić information content (AvgIpc) is 2.69. The minimum Gasteiger partial charge on any atom is -0.386 e. The van der Waals surface area contributed by atoms with Crippen LogP contribution in [0.25, 0.3) is 0 Å². The molecule has 4 unspecified atom stereocenters. The lowest BCUT2D eigenvalue weighted by atomic mass is 9.68. The Labute approximate surface area is 187 Å². The molecule has 0 bridgehead atoms. The molecule has 4 aliphatic heterocycles. The van der Waals surface area contributed by atoms with Crippen molar-refractivity contribution in [1.29, 1.82) is 0 Å². The zero-order valence-electron chi connectivity index (χ0n) is 19.9. The van der Waals surface area contributed by atoms with Crippen molar-refractivity contribution in [2.24, 2.45) is 11.8 Å². The molecular formula is C24H42N4O3. The molecule has 0 aromatic heterocycles. The summed E-state index contributed by atoms with van der Waals surface area (Å²) < 4.78 is 0. The highest BCUT2D eigenvalue weighted by Gasteiger charge is 2.58. The van der Waals surface area contributed by atoms with Crippen LogP contribution < -0.4 is 0 Å². The zero-order chi connectivity index (χ0) is 22.3. The second-order valence-corrected chi connectivity index (χ2v) is 10.9. The van der Waals surface area contributed by atoms with Gasteiger partial charge in [-0.2, -0.15) is 0 Å². The summed E-state index contributed by atoms with van der Waals surface area (Å²) in [5.41, 5.74) is -0.983. The fraction of sp³-hybridized carbons (Fsp3) is 0.917. The van der Waals surface area contributed by atoms with E-state index in [1.165, 1.54) is 19.5 Å². The molecule has 4 saturated heterocycles. The fourth-order valence-corrected chi connectivity index (χ4v) is 6.38. The fourth-order valence-electron chi connectivity index (χ4n) is 6.38. The van der Waals surface area contributed by atoms with E-state index in [0.717, 1.165) is 45.3 Å². The summed E-state index contributed by atoms with van der Waals surface area (Å²) in [5.74, 6) is 0.585. The number of aliphatic hydroxyl groups is 1. The van der Waals surface area contributed by atoms with Gasteiger partial charge in [-0.05, 0) is 78.9 Å². The number of β-amino-alcohol motifs (C(OH)–C–C–N with tert-alkyl or cyclic N) is 1. The van der Waals surface area contributed by atoms with Gasteiger partial charge >= 0.3 is 0 Å². The predicted molar refractivity (Wildman–Crippen MR) is 121 cm³/mol. The number of amides is 2. The minimum atomic E-state index is -0.983. The Morgan fingerprint density at radius 1 is 1.06 bits per heavy atom. The summed E-state index contributed by atoms with van der Waals surface area (Å²) in [6.07, 6.45) is 5.36. The highest BCUT2D eigenvalue weighted by Crippen LogP contribution is 2.42. The molecule has 176 valence electrons. The third-order valence-electron chi connectivity index (χ3n) is 8.41. The molecule has 4 rings (SSSR count). The molecule has 0 saturated carbocycles. The first-order valence-electron chi connectivity index (χ1n) is 12.5. The minimum absolute atomic E-state index is 0.0749. The molecule has 5 atom stereocenters. The van der Waals surface area contributed by atoms with Gasteiger partial charge in [-0.25, -0.2) is 0 Å². The topological polar surface area (TPSA) is 67.3 Å². The first-order valence-corrected chi connectivity index (χ1v) is 12.5. The SMILES string of the molecule is CC(C)N1CCC[C@H](C2(O)CN(C)C2CC(C)N2CC(CN3CCC3)CCC2=O)C1=O. The molecule has 4 aliphatic rings. The molecule has 4 fully saturated rings. The number of carbonyl (C=O) groups excluding carboxylic acids is 2. The molecule has 31 heavy (non-hydrogen) atoms. The number of piperidine rings is 2. The van der Waals surface area contributed by atoms with Crippen LogP contribution in [0.3, 0.4) is 0 Å². The normalized spacial score (nSPS) is 36.5. The van der Waals surface area contributed by atoms with Crippen LogP contribution in [-0.4, -0.2) is 107 Å². The summed E-state index contributed by atoms with van der Waals surface area (Å²) in [4.78, 5) is 34.5. The Balaban J connectivity index is 1.40. The van der Waals surface area contributed by atoms with Gasteiger partial charge in [0.2, 0.25) is 11.8 Å². The van der Waals surface area contributed by atoms with Gasteiger partial charge in [0.1, 0.15) is 5.60 Å². The van der Waals surface area contributed by atoms with E-state index in [1.54, 1.807) is 0 Å². The number of likely N-dealkylation sites (N-methyl/N-ethyl adjacent to an activating group) is 1. The zero-order valence-corrected chi connectivity index (χ0v) is 19.9. The lowest BCUT2D eigenvalue weighted by Gasteiger charge is -2.58. The number of hydrogen-bond donors (Lipinski definition) is 1. The molecule has 0 radical (unpaired) electrons. The third kappa shape index (κ3) is 4.38. The molecule has 7 nitrogen and oxygen atoms in total. The Bertz CT molecular complexity index is 682. The van der Waals surface area contributed by atoms with E-state index in [0.29, 0.717) is 18.9 Å². The lowest BCUT2D eigenvalue weighted by molar-refractivity contribution is -0.199. The Hall–Kier alpha value is -1.18. The van der Waals surface area contributed by atoms with E-state index in [1.807, 2.05) is 11.9 Å². The van der Waals surface area contributed by atoms with E-state index in [-0.39, 0.29) is 35.9 Å². The molecule has 0 aromatic rings. The van der Waals surface area contributed by atoms with E-state index in [2.05, 4.69) is 35.5 Å². The second-order valence-electron chi connectivity index (χ2n) is 10.9. The highest BCUT2D eigenvalue weighted by molar-refractivity contribution is 5.81. The first kappa shape index (κ1) is 23.0. The third-order valence-corrected chi connectivity index (χ3v) is 8.41. The van der Waals surface area contributed by atoms with Crippen molar-refractivity contribution in [1.82, 2.24) is 19.6 Å². The van der Waals surface area contributed by atoms with Crippen molar-refractivity contribution in [2.75, 3.05) is 46.3 Å². The average molecular weight is 435 g/mol. The number of likely N-dealkylation sites (tertiary alicyclic amines) is 4. The van der Waals surface area contributed by atoms with Gasteiger partial charge in [0.15, 0.2) is 0 Å². The first-order chi connectivity index (χ1) is 14.7. The number of hydrogen-bond acceptors (Lipinski definition) is 5. The molecule has 0 spiro atoms. The Kier molecular flexibility index (Phi) is 6.67. The highest BCUT2D eigenvalue weighted by atomic mass is 16.3. The summed E-state index contributed by atoms with van der Waals surface area (Å²) >= 11 is 0. The molecule has 7 heteroatoms. The standard InChI is InChI=1S/C24H42N4O3/c1-17(2)27-12-5-7-20(23(27)30)24(31)16-25(4)21(24)13-18(3)28-15-19(8-9-22(28)29)14-26-10-6-11-26/h17-21,31H,5-16H2,1-4H3/t18?,19?,20-,21?,24?/m0/s1. The van der Waals surface area contributed by atoms with Crippen LogP contribution in [0.4, 0.5) is 0 Å². The molecular weight excluding hydrogens is 392 g/mol. The molecule has 0 aliphatic carbocycles. The Morgan fingerprint density at radius 3 is 2.42 bits per heavy atom. The van der Waals surface area contributed by atoms with Gasteiger partial charge in [0.05, 0.1) is 5.92 Å². The predicted octanol–water partition coefficient (Wildman–Crippen LogP) is 1.40. The van der Waals surface area contributed by atoms with Crippen molar-refractivity contribution < 1.29 is 14.7 Å². The molecule has 4 heterocycles. The van der Waals surface area contributed by atoms with Crippen LogP contribution in [0.5, 0.6) is 0 Å². The molecule has 2 amide bonds.